The minimum Gasteiger partial charge on any atom is -0.463 e. The van der Waals surface area contributed by atoms with E-state index in [2.05, 4.69) is 5.10 Å². The molecule has 0 aliphatic rings. The number of hydrogen-bond acceptors (Lipinski definition) is 3. The fourth-order valence-electron chi connectivity index (χ4n) is 0.885. The van der Waals surface area contributed by atoms with Gasteiger partial charge in [-0.3, -0.25) is 4.68 Å². The molecular weight excluding hydrogens is 204 g/mol. The molecule has 5 heteroatoms. The number of halogens is 1. The van der Waals surface area contributed by atoms with Crippen molar-refractivity contribution in [1.29, 1.82) is 0 Å². The van der Waals surface area contributed by atoms with Crippen LogP contribution in [0.5, 0.6) is 0 Å². The molecule has 0 unspecified atom stereocenters. The van der Waals surface area contributed by atoms with Gasteiger partial charge in [0.1, 0.15) is 0 Å². The number of aromatic nitrogens is 2. The van der Waals surface area contributed by atoms with E-state index in [0.29, 0.717) is 18.2 Å². The molecule has 14 heavy (non-hydrogen) atoms. The van der Waals surface area contributed by atoms with Gasteiger partial charge in [-0.2, -0.15) is 5.10 Å². The fourth-order valence-corrected chi connectivity index (χ4v) is 1.04. The number of hydrogen-bond donors (Lipinski definition) is 0. The average Bonchev–Trinajstić information content (AvgIpc) is 2.52. The van der Waals surface area contributed by atoms with Crippen molar-refractivity contribution in [2.75, 3.05) is 6.61 Å². The molecule has 76 valence electrons. The Morgan fingerprint density at radius 2 is 2.57 bits per heavy atom. The zero-order valence-corrected chi connectivity index (χ0v) is 8.57. The average molecular weight is 215 g/mol. The number of allylic oxidation sites excluding steroid dienone is 1. The summed E-state index contributed by atoms with van der Waals surface area (Å²) in [5, 5.41) is 4.52. The molecule has 1 rings (SSSR count). The highest BCUT2D eigenvalue weighted by molar-refractivity contribution is 6.30. The van der Waals surface area contributed by atoms with Gasteiger partial charge < -0.3 is 4.74 Å². The standard InChI is InChI=1S/C9H11ClN2O2/c1-2-14-9(13)4-3-5-12-7-8(10)6-11-12/h3-4,6-7H,2,5H2,1H3/b4-3+. The van der Waals surface area contributed by atoms with Crippen molar-refractivity contribution >= 4 is 17.6 Å². The lowest BCUT2D eigenvalue weighted by atomic mass is 10.5. The quantitative estimate of drug-likeness (QED) is 0.566. The van der Waals surface area contributed by atoms with Gasteiger partial charge in [-0.1, -0.05) is 17.7 Å². The molecule has 0 saturated carbocycles. The maximum atomic E-state index is 10.9. The normalized spacial score (nSPS) is 10.7. The Kier molecular flexibility index (Phi) is 4.19. The van der Waals surface area contributed by atoms with Crippen molar-refractivity contribution in [3.05, 3.63) is 29.6 Å². The van der Waals surface area contributed by atoms with Crippen LogP contribution in [0.15, 0.2) is 24.5 Å². The Labute approximate surface area is 87.1 Å². The van der Waals surface area contributed by atoms with Crippen LogP contribution in [0.1, 0.15) is 6.92 Å². The highest BCUT2D eigenvalue weighted by Gasteiger charge is 1.94. The van der Waals surface area contributed by atoms with Crippen LogP contribution in [-0.2, 0) is 16.1 Å². The highest BCUT2D eigenvalue weighted by Crippen LogP contribution is 2.04. The highest BCUT2D eigenvalue weighted by atomic mass is 35.5. The van der Waals surface area contributed by atoms with E-state index < -0.39 is 0 Å². The molecule has 0 radical (unpaired) electrons. The number of rotatable bonds is 4. The van der Waals surface area contributed by atoms with Crippen molar-refractivity contribution < 1.29 is 9.53 Å². The van der Waals surface area contributed by atoms with Crippen LogP contribution in [0.2, 0.25) is 5.02 Å². The summed E-state index contributed by atoms with van der Waals surface area (Å²) in [6.07, 6.45) is 6.26. The van der Waals surface area contributed by atoms with Crippen LogP contribution in [0, 0.1) is 0 Å². The van der Waals surface area contributed by atoms with Gasteiger partial charge in [0.05, 0.1) is 24.4 Å². The third-order valence-corrected chi connectivity index (χ3v) is 1.63. The number of carbonyl (C=O) groups is 1. The molecule has 1 heterocycles. The number of ether oxygens (including phenoxy) is 1. The predicted octanol–water partition coefficient (Wildman–Crippen LogP) is 1.66. The molecule has 0 saturated heterocycles. The smallest absolute Gasteiger partial charge is 0.330 e. The summed E-state index contributed by atoms with van der Waals surface area (Å²) in [6, 6.07) is 0. The Bertz CT molecular complexity index is 333. The summed E-state index contributed by atoms with van der Waals surface area (Å²) in [6.45, 7) is 2.65. The third-order valence-electron chi connectivity index (χ3n) is 1.43. The molecule has 0 amide bonds. The zero-order chi connectivity index (χ0) is 10.4. The van der Waals surface area contributed by atoms with E-state index >= 15 is 0 Å². The molecule has 0 spiro atoms. The number of carbonyl (C=O) groups excluding carboxylic acids is 1. The lowest BCUT2D eigenvalue weighted by Crippen LogP contribution is -2.00. The molecule has 0 N–H and O–H groups in total. The Morgan fingerprint density at radius 3 is 3.14 bits per heavy atom. The maximum absolute atomic E-state index is 10.9. The molecule has 0 atom stereocenters. The first kappa shape index (κ1) is 10.8. The van der Waals surface area contributed by atoms with Crippen molar-refractivity contribution in [1.82, 2.24) is 9.78 Å². The zero-order valence-electron chi connectivity index (χ0n) is 7.81. The molecule has 0 aliphatic heterocycles. The summed E-state index contributed by atoms with van der Waals surface area (Å²) in [5.41, 5.74) is 0. The minimum atomic E-state index is -0.342. The van der Waals surface area contributed by atoms with E-state index in [1.54, 1.807) is 30.1 Å². The van der Waals surface area contributed by atoms with Crippen molar-refractivity contribution in [3.63, 3.8) is 0 Å². The van der Waals surface area contributed by atoms with Gasteiger partial charge in [0.2, 0.25) is 0 Å². The first-order valence-corrected chi connectivity index (χ1v) is 4.61. The second kappa shape index (κ2) is 5.44. The molecule has 4 nitrogen and oxygen atoms in total. The lowest BCUT2D eigenvalue weighted by molar-refractivity contribution is -0.137. The number of esters is 1. The second-order valence-electron chi connectivity index (χ2n) is 2.54. The van der Waals surface area contributed by atoms with Gasteiger partial charge in [-0.05, 0) is 6.92 Å². The Hall–Kier alpha value is -1.29. The molecule has 1 aromatic heterocycles. The van der Waals surface area contributed by atoms with E-state index in [1.807, 2.05) is 0 Å². The lowest BCUT2D eigenvalue weighted by Gasteiger charge is -1.95. The monoisotopic (exact) mass is 214 g/mol. The fraction of sp³-hybridized carbons (Fsp3) is 0.333. The maximum Gasteiger partial charge on any atom is 0.330 e. The van der Waals surface area contributed by atoms with Gasteiger partial charge in [0, 0.05) is 12.3 Å². The SMILES string of the molecule is CCOC(=O)/C=C/Cn1cc(Cl)cn1. The van der Waals surface area contributed by atoms with Gasteiger partial charge in [-0.15, -0.1) is 0 Å². The molecule has 1 aromatic rings. The summed E-state index contributed by atoms with van der Waals surface area (Å²) >= 11 is 5.65. The van der Waals surface area contributed by atoms with Gasteiger partial charge in [0.25, 0.3) is 0 Å². The summed E-state index contributed by atoms with van der Waals surface area (Å²) in [5.74, 6) is -0.342. The largest absolute Gasteiger partial charge is 0.463 e. The summed E-state index contributed by atoms with van der Waals surface area (Å²) in [4.78, 5) is 10.9. The molecule has 0 fully saturated rings. The molecule has 0 aliphatic carbocycles. The summed E-state index contributed by atoms with van der Waals surface area (Å²) < 4.78 is 6.33. The van der Waals surface area contributed by atoms with Crippen molar-refractivity contribution in [2.45, 2.75) is 13.5 Å². The van der Waals surface area contributed by atoms with E-state index in [4.69, 9.17) is 16.3 Å². The molecule has 0 aromatic carbocycles. The second-order valence-corrected chi connectivity index (χ2v) is 2.97. The first-order valence-electron chi connectivity index (χ1n) is 4.23. The first-order chi connectivity index (χ1) is 6.72. The topological polar surface area (TPSA) is 44.1 Å². The van der Waals surface area contributed by atoms with Crippen LogP contribution in [0.25, 0.3) is 0 Å². The predicted molar refractivity (Wildman–Crippen MR) is 53.0 cm³/mol. The Balaban J connectivity index is 2.36. The van der Waals surface area contributed by atoms with Gasteiger partial charge in [0.15, 0.2) is 0 Å². The summed E-state index contributed by atoms with van der Waals surface area (Å²) in [7, 11) is 0. The van der Waals surface area contributed by atoms with Crippen molar-refractivity contribution in [3.8, 4) is 0 Å². The minimum absolute atomic E-state index is 0.342. The van der Waals surface area contributed by atoms with Gasteiger partial charge in [-0.25, -0.2) is 4.79 Å². The van der Waals surface area contributed by atoms with E-state index in [1.165, 1.54) is 6.08 Å². The van der Waals surface area contributed by atoms with Crippen LogP contribution < -0.4 is 0 Å². The van der Waals surface area contributed by atoms with Crippen molar-refractivity contribution in [2.24, 2.45) is 0 Å². The van der Waals surface area contributed by atoms with E-state index in [0.717, 1.165) is 0 Å². The van der Waals surface area contributed by atoms with Crippen LogP contribution in [0.3, 0.4) is 0 Å². The van der Waals surface area contributed by atoms with E-state index in [-0.39, 0.29) is 5.97 Å². The third kappa shape index (κ3) is 3.62. The number of nitrogens with zero attached hydrogens (tertiary/aromatic N) is 2. The Morgan fingerprint density at radius 1 is 1.79 bits per heavy atom. The van der Waals surface area contributed by atoms with Crippen LogP contribution in [-0.4, -0.2) is 22.4 Å². The van der Waals surface area contributed by atoms with Gasteiger partial charge >= 0.3 is 5.97 Å². The molecule has 0 bridgehead atoms. The van der Waals surface area contributed by atoms with Crippen LogP contribution in [0.4, 0.5) is 0 Å². The van der Waals surface area contributed by atoms with E-state index in [9.17, 15) is 4.79 Å². The van der Waals surface area contributed by atoms with Crippen LogP contribution >= 0.6 is 11.6 Å². The molecular formula is C9H11ClN2O2.